The molecule has 5 nitrogen and oxygen atoms in total. The largest absolute Gasteiger partial charge is 0.497 e. The number of methoxy groups -OCH3 is 1. The number of carbonyl (C=O) groups is 1. The number of hydrogen-bond donors (Lipinski definition) is 0. The second kappa shape index (κ2) is 7.06. The molecule has 0 spiro atoms. The van der Waals surface area contributed by atoms with Crippen LogP contribution in [0, 0.1) is 0 Å². The maximum Gasteiger partial charge on any atom is 0.259 e. The topological polar surface area (TPSA) is 45.7 Å². The quantitative estimate of drug-likeness (QED) is 0.626. The van der Waals surface area contributed by atoms with E-state index in [1.807, 2.05) is 41.3 Å². The molecule has 0 bridgehead atoms. The molecule has 0 unspecified atom stereocenters. The first-order chi connectivity index (χ1) is 13.8. The summed E-state index contributed by atoms with van der Waals surface area (Å²) in [7, 11) is 1.65. The van der Waals surface area contributed by atoms with Crippen LogP contribution in [0.25, 0.3) is 21.8 Å². The smallest absolute Gasteiger partial charge is 0.259 e. The van der Waals surface area contributed by atoms with Crippen molar-refractivity contribution in [3.05, 3.63) is 42.0 Å². The number of hydrogen-bond acceptors (Lipinski definition) is 4. The van der Waals surface area contributed by atoms with Crippen molar-refractivity contribution >= 4 is 33.4 Å². The van der Waals surface area contributed by atoms with Crippen LogP contribution >= 0.6 is 0 Å². The molecule has 5 heteroatoms. The van der Waals surface area contributed by atoms with Gasteiger partial charge in [-0.05, 0) is 69.2 Å². The van der Waals surface area contributed by atoms with Crippen LogP contribution in [-0.2, 0) is 0 Å². The van der Waals surface area contributed by atoms with Crippen molar-refractivity contribution in [1.29, 1.82) is 0 Å². The van der Waals surface area contributed by atoms with E-state index in [0.29, 0.717) is 0 Å². The van der Waals surface area contributed by atoms with Crippen LogP contribution in [0.5, 0.6) is 5.75 Å². The van der Waals surface area contributed by atoms with Gasteiger partial charge in [-0.2, -0.15) is 0 Å². The van der Waals surface area contributed by atoms with Gasteiger partial charge in [0.25, 0.3) is 5.91 Å². The van der Waals surface area contributed by atoms with E-state index < -0.39 is 0 Å². The highest BCUT2D eigenvalue weighted by atomic mass is 16.5. The molecule has 2 aromatic carbocycles. The highest BCUT2D eigenvalue weighted by molar-refractivity contribution is 6.30. The third-order valence-electron chi connectivity index (χ3n) is 6.04. The van der Waals surface area contributed by atoms with Gasteiger partial charge in [0.2, 0.25) is 0 Å². The lowest BCUT2D eigenvalue weighted by Gasteiger charge is -2.27. The fraction of sp³-hybridized carbons (Fsp3) is 0.391. The second-order valence-corrected chi connectivity index (χ2v) is 7.75. The number of amides is 1. The number of fused-ring (bicyclic) bond motifs is 2. The van der Waals surface area contributed by atoms with Crippen molar-refractivity contribution < 1.29 is 9.53 Å². The molecule has 1 saturated heterocycles. The second-order valence-electron chi connectivity index (χ2n) is 7.75. The molecule has 0 N–H and O–H groups in total. The summed E-state index contributed by atoms with van der Waals surface area (Å²) >= 11 is 0. The van der Waals surface area contributed by atoms with Crippen LogP contribution in [-0.4, -0.2) is 49.1 Å². The molecule has 1 aromatic heterocycles. The molecule has 5 rings (SSSR count). The number of nitrogens with zero attached hydrogens (tertiary/aromatic N) is 3. The molecule has 0 saturated carbocycles. The van der Waals surface area contributed by atoms with Gasteiger partial charge in [-0.1, -0.05) is 12.5 Å². The molecule has 3 heterocycles. The molecule has 0 atom stereocenters. The molecule has 0 aliphatic carbocycles. The van der Waals surface area contributed by atoms with Gasteiger partial charge in [-0.3, -0.25) is 4.79 Å². The predicted molar refractivity (Wildman–Crippen MR) is 112 cm³/mol. The first-order valence-corrected chi connectivity index (χ1v) is 10.2. The molecule has 3 aromatic rings. The van der Waals surface area contributed by atoms with Gasteiger partial charge in [0.05, 0.1) is 29.4 Å². The number of pyridine rings is 1. The fourth-order valence-corrected chi connectivity index (χ4v) is 4.63. The zero-order valence-corrected chi connectivity index (χ0v) is 16.3. The summed E-state index contributed by atoms with van der Waals surface area (Å²) in [6.07, 6.45) is 4.94. The number of aromatic nitrogens is 1. The lowest BCUT2D eigenvalue weighted by molar-refractivity contribution is 0.0993. The third-order valence-corrected chi connectivity index (χ3v) is 6.04. The van der Waals surface area contributed by atoms with Crippen molar-refractivity contribution in [2.75, 3.05) is 38.2 Å². The van der Waals surface area contributed by atoms with E-state index in [2.05, 4.69) is 4.90 Å². The van der Waals surface area contributed by atoms with Gasteiger partial charge < -0.3 is 14.5 Å². The Morgan fingerprint density at radius 1 is 1.04 bits per heavy atom. The summed E-state index contributed by atoms with van der Waals surface area (Å²) in [6, 6.07) is 11.8. The van der Waals surface area contributed by atoms with Crippen LogP contribution < -0.4 is 9.64 Å². The van der Waals surface area contributed by atoms with Crippen molar-refractivity contribution in [2.45, 2.75) is 25.7 Å². The van der Waals surface area contributed by atoms with E-state index in [1.54, 1.807) is 7.11 Å². The van der Waals surface area contributed by atoms with Gasteiger partial charge in [-0.25, -0.2) is 4.98 Å². The van der Waals surface area contributed by atoms with Crippen molar-refractivity contribution in [1.82, 2.24) is 9.88 Å². The molecular formula is C23H25N3O2. The van der Waals surface area contributed by atoms with Crippen molar-refractivity contribution in [3.63, 3.8) is 0 Å². The van der Waals surface area contributed by atoms with E-state index in [0.717, 1.165) is 58.3 Å². The Labute approximate surface area is 164 Å². The third kappa shape index (κ3) is 2.81. The van der Waals surface area contributed by atoms with Gasteiger partial charge in [-0.15, -0.1) is 0 Å². The molecular weight excluding hydrogens is 350 g/mol. The highest BCUT2D eigenvalue weighted by Crippen LogP contribution is 2.40. The summed E-state index contributed by atoms with van der Waals surface area (Å²) in [6.45, 7) is 4.19. The van der Waals surface area contributed by atoms with Crippen LogP contribution in [0.3, 0.4) is 0 Å². The number of piperidine rings is 1. The Kier molecular flexibility index (Phi) is 4.40. The molecule has 2 aliphatic heterocycles. The summed E-state index contributed by atoms with van der Waals surface area (Å²) in [5.74, 6) is 0.837. The normalized spacial score (nSPS) is 17.0. The highest BCUT2D eigenvalue weighted by Gasteiger charge is 2.32. The molecule has 0 radical (unpaired) electrons. The summed E-state index contributed by atoms with van der Waals surface area (Å²) in [4.78, 5) is 22.7. The first-order valence-electron chi connectivity index (χ1n) is 10.2. The van der Waals surface area contributed by atoms with E-state index >= 15 is 0 Å². The maximum absolute atomic E-state index is 13.4. The Balaban J connectivity index is 1.49. The van der Waals surface area contributed by atoms with Gasteiger partial charge in [0.15, 0.2) is 0 Å². The average Bonchev–Trinajstić information content (AvgIpc) is 3.02. The summed E-state index contributed by atoms with van der Waals surface area (Å²) < 4.78 is 5.39. The first kappa shape index (κ1) is 17.4. The van der Waals surface area contributed by atoms with Gasteiger partial charge in [0.1, 0.15) is 5.75 Å². The van der Waals surface area contributed by atoms with Crippen LogP contribution in [0.15, 0.2) is 36.4 Å². The van der Waals surface area contributed by atoms with E-state index in [-0.39, 0.29) is 5.91 Å². The minimum absolute atomic E-state index is 0.0884. The van der Waals surface area contributed by atoms with E-state index in [9.17, 15) is 4.79 Å². The lowest BCUT2D eigenvalue weighted by atomic mass is 10.0. The molecule has 1 amide bonds. The maximum atomic E-state index is 13.4. The fourth-order valence-electron chi connectivity index (χ4n) is 4.63. The Bertz CT molecular complexity index is 1060. The minimum atomic E-state index is 0.0884. The van der Waals surface area contributed by atoms with Crippen molar-refractivity contribution in [3.8, 4) is 5.75 Å². The number of carbonyl (C=O) groups excluding carboxylic acids is 1. The molecule has 2 aliphatic rings. The lowest BCUT2D eigenvalue weighted by Crippen LogP contribution is -2.34. The Hall–Kier alpha value is -2.66. The number of likely N-dealkylation sites (tertiary alicyclic amines) is 1. The Morgan fingerprint density at radius 3 is 2.71 bits per heavy atom. The van der Waals surface area contributed by atoms with Gasteiger partial charge >= 0.3 is 0 Å². The summed E-state index contributed by atoms with van der Waals surface area (Å²) in [5.41, 5.74) is 3.49. The number of benzene rings is 2. The number of ether oxygens (including phenoxy) is 1. The average molecular weight is 375 g/mol. The molecule has 1 fully saturated rings. The number of rotatable bonds is 5. The van der Waals surface area contributed by atoms with Crippen molar-refractivity contribution in [2.24, 2.45) is 0 Å². The Morgan fingerprint density at radius 2 is 1.89 bits per heavy atom. The molecule has 28 heavy (non-hydrogen) atoms. The standard InChI is InChI=1S/C23H25N3O2/c1-28-16-9-10-18-17(15-16)21-22-19(24-18)7-5-8-20(22)26(23(21)27)14-6-13-25-11-3-2-4-12-25/h5,7-10,15H,2-4,6,11-14H2,1H3. The zero-order chi connectivity index (χ0) is 19.1. The van der Waals surface area contributed by atoms with Crippen LogP contribution in [0.2, 0.25) is 0 Å². The van der Waals surface area contributed by atoms with Crippen LogP contribution in [0.4, 0.5) is 5.69 Å². The van der Waals surface area contributed by atoms with E-state index in [1.165, 1.54) is 32.4 Å². The number of anilines is 1. The monoisotopic (exact) mass is 375 g/mol. The SMILES string of the molecule is COc1ccc2nc3cccc4c3c(c2c1)C(=O)N4CCCN1CCCCC1. The molecule has 144 valence electrons. The minimum Gasteiger partial charge on any atom is -0.497 e. The zero-order valence-electron chi connectivity index (χ0n) is 16.3. The van der Waals surface area contributed by atoms with Gasteiger partial charge in [0, 0.05) is 17.3 Å². The van der Waals surface area contributed by atoms with E-state index in [4.69, 9.17) is 9.72 Å². The van der Waals surface area contributed by atoms with Crippen LogP contribution in [0.1, 0.15) is 36.0 Å². The summed E-state index contributed by atoms with van der Waals surface area (Å²) in [5, 5.41) is 1.86. The predicted octanol–water partition coefficient (Wildman–Crippen LogP) is 4.23.